The molecule has 28 rings (SSSR count). The van der Waals surface area contributed by atoms with Gasteiger partial charge in [-0.15, -0.1) is 34.0 Å². The van der Waals surface area contributed by atoms with Gasteiger partial charge in [0.25, 0.3) is 0 Å². The Bertz CT molecular complexity index is 9710. The lowest BCUT2D eigenvalue weighted by Gasteiger charge is -2.28. The van der Waals surface area contributed by atoms with E-state index in [1.165, 1.54) is 175 Å². The van der Waals surface area contributed by atoms with Crippen LogP contribution in [-0.4, -0.2) is 0 Å². The van der Waals surface area contributed by atoms with E-state index in [4.69, 9.17) is 4.42 Å². The SMILES string of the molecule is c1ccc(-c2ccc(-c3cccc(N(c4ccc(-c5ccc6c(c5)oc5ccc7ccccc7c56)cc4)c4cc(-c5ccc(-c6ccccc6)cc5)cc(-c5cccc6sc7ccccc7c56)c4)c3)cc2)cc1.c1ccc2c(c1)ccc1cc(N(c3ccc(-c4ccc5c(c4)sc4ccccc45)cc3)c3ccc4c(ccc5cc(-c6ccc7c(c6)sc6ccc8ccccc8c67)ccc54)c3)ccc12. The fourth-order valence-corrected chi connectivity index (χ4v) is 24.7. The Morgan fingerprint density at radius 3 is 1.12 bits per heavy atom. The smallest absolute Gasteiger partial charge is 0.136 e. The van der Waals surface area contributed by atoms with Crippen LogP contribution in [0, 0.1) is 0 Å². The molecule has 0 spiro atoms. The van der Waals surface area contributed by atoms with E-state index in [1.54, 1.807) is 0 Å². The third kappa shape index (κ3) is 14.3. The van der Waals surface area contributed by atoms with Gasteiger partial charge >= 0.3 is 0 Å². The predicted octanol–water partition coefficient (Wildman–Crippen LogP) is 39.6. The molecule has 0 N–H and O–H groups in total. The lowest BCUT2D eigenvalue weighted by atomic mass is 9.93. The van der Waals surface area contributed by atoms with E-state index in [2.05, 4.69) is 507 Å². The van der Waals surface area contributed by atoms with Crippen LogP contribution in [0.4, 0.5) is 34.1 Å². The van der Waals surface area contributed by atoms with E-state index in [1.807, 2.05) is 34.0 Å². The molecule has 0 atom stereocenters. The number of anilines is 6. The summed E-state index contributed by atoms with van der Waals surface area (Å²) in [5, 5.41) is 25.3. The van der Waals surface area contributed by atoms with Crippen LogP contribution in [0.15, 0.2) is 502 Å². The van der Waals surface area contributed by atoms with Gasteiger partial charge in [-0.2, -0.15) is 0 Å². The second-order valence-electron chi connectivity index (χ2n) is 36.1. The van der Waals surface area contributed by atoms with Crippen LogP contribution < -0.4 is 9.80 Å². The fourth-order valence-electron chi connectivity index (χ4n) is 21.2. The topological polar surface area (TPSA) is 19.6 Å². The third-order valence-electron chi connectivity index (χ3n) is 28.1. The van der Waals surface area contributed by atoms with Crippen molar-refractivity contribution in [2.75, 3.05) is 9.80 Å². The minimum atomic E-state index is 0.887. The molecule has 0 saturated carbocycles. The number of hydrogen-bond donors (Lipinski definition) is 0. The van der Waals surface area contributed by atoms with Gasteiger partial charge in [0.1, 0.15) is 11.2 Å². The van der Waals surface area contributed by atoms with E-state index in [0.717, 1.165) is 95.0 Å². The highest BCUT2D eigenvalue weighted by molar-refractivity contribution is 7.26. The number of benzene rings is 24. The van der Waals surface area contributed by atoms with Crippen LogP contribution in [0.5, 0.6) is 0 Å². The summed E-state index contributed by atoms with van der Waals surface area (Å²) >= 11 is 5.62. The molecule has 3 nitrogen and oxygen atoms in total. The molecule has 24 aromatic carbocycles. The Labute approximate surface area is 809 Å². The maximum Gasteiger partial charge on any atom is 0.136 e. The van der Waals surface area contributed by atoms with Gasteiger partial charge in [0.15, 0.2) is 0 Å². The molecule has 28 aromatic rings. The fraction of sp³-hybridized carbons (Fsp3) is 0. The monoisotopic (exact) mass is 1810 g/mol. The molecule has 6 heteroatoms. The zero-order valence-electron chi connectivity index (χ0n) is 74.9. The van der Waals surface area contributed by atoms with Gasteiger partial charge in [-0.3, -0.25) is 0 Å². The van der Waals surface area contributed by atoms with Crippen LogP contribution in [0.3, 0.4) is 0 Å². The van der Waals surface area contributed by atoms with Gasteiger partial charge in [-0.05, 0) is 293 Å². The van der Waals surface area contributed by atoms with E-state index >= 15 is 0 Å². The number of furan rings is 1. The van der Waals surface area contributed by atoms with E-state index in [-0.39, 0.29) is 0 Å². The lowest BCUT2D eigenvalue weighted by molar-refractivity contribution is 0.669. The Hall–Kier alpha value is -17.1. The molecular weight excluding hydrogens is 1730 g/mol. The Morgan fingerprint density at radius 1 is 0.138 bits per heavy atom. The van der Waals surface area contributed by atoms with Crippen molar-refractivity contribution in [3.8, 4) is 89.0 Å². The molecule has 0 amide bonds. The molecule has 0 fully saturated rings. The molecule has 0 aliphatic rings. The molecular formula is C132H82N2OS3. The van der Waals surface area contributed by atoms with Crippen molar-refractivity contribution < 1.29 is 4.42 Å². The average Bonchev–Trinajstić information content (AvgIpc) is 1.42. The molecule has 4 aromatic heterocycles. The molecule has 0 radical (unpaired) electrons. The van der Waals surface area contributed by atoms with Crippen molar-refractivity contribution in [1.29, 1.82) is 0 Å². The standard InChI is InChI=1S/C70H45NOS.C62H37NS2/c1-3-13-46(14-4-1)48-25-29-50(30-26-48)54-18-11-19-59(42-54)71(58-37-33-51(34-38-58)55-35-39-63-66(45-55)72-65-40-36-53-17-7-8-20-61(53)69(63)65)60-43-56(52-31-27-49(28-32-52)47-15-5-2-6-16-47)41-57(44-60)62-22-12-24-68-70(62)64-21-9-10-23-67(64)73-68;1-3-9-50-39(7-1)13-14-45-34-48(25-30-52(45)50)63(47-23-17-38(18-24-47)42-20-28-56-55-11-5-6-12-58(55)64-60(56)36-42)49-26-31-53-46(35-49)16-15-44-33-41(19-27-51(44)53)43-21-29-57-61(37-43)65-59-32-22-40-8-2-4-10-54(40)62(57)59/h1-45H;1-37H. The zero-order chi connectivity index (χ0) is 90.8. The Balaban J connectivity index is 0.000000140. The summed E-state index contributed by atoms with van der Waals surface area (Å²) in [5.74, 6) is 0. The maximum atomic E-state index is 6.54. The van der Waals surface area contributed by atoms with Crippen LogP contribution in [0.25, 0.3) is 236 Å². The van der Waals surface area contributed by atoms with E-state index in [0.29, 0.717) is 0 Å². The number of hydrogen-bond acceptors (Lipinski definition) is 6. The summed E-state index contributed by atoms with van der Waals surface area (Å²) in [6.07, 6.45) is 0. The summed E-state index contributed by atoms with van der Waals surface area (Å²) in [6.45, 7) is 0. The molecule has 0 bridgehead atoms. The number of fused-ring (bicyclic) bond motifs is 22. The maximum absolute atomic E-state index is 6.54. The molecule has 0 aliphatic carbocycles. The minimum absolute atomic E-state index is 0.887. The van der Waals surface area contributed by atoms with Crippen molar-refractivity contribution >= 4 is 215 Å². The Kier molecular flexibility index (Phi) is 19.6. The van der Waals surface area contributed by atoms with Gasteiger partial charge in [-0.25, -0.2) is 0 Å². The summed E-state index contributed by atoms with van der Waals surface area (Å²) in [4.78, 5) is 4.84. The first-order valence-electron chi connectivity index (χ1n) is 47.1. The molecule has 138 heavy (non-hydrogen) atoms. The van der Waals surface area contributed by atoms with E-state index in [9.17, 15) is 0 Å². The van der Waals surface area contributed by atoms with Gasteiger partial charge in [-0.1, -0.05) is 358 Å². The van der Waals surface area contributed by atoms with Crippen LogP contribution >= 0.6 is 34.0 Å². The molecule has 644 valence electrons. The number of rotatable bonds is 14. The summed E-state index contributed by atoms with van der Waals surface area (Å²) in [6, 6.07) is 183. The second kappa shape index (κ2) is 33.5. The largest absolute Gasteiger partial charge is 0.456 e. The summed E-state index contributed by atoms with van der Waals surface area (Å²) < 4.78 is 14.4. The predicted molar refractivity (Wildman–Crippen MR) is 597 cm³/mol. The zero-order valence-corrected chi connectivity index (χ0v) is 77.3. The van der Waals surface area contributed by atoms with Crippen molar-refractivity contribution in [3.05, 3.63) is 497 Å². The van der Waals surface area contributed by atoms with E-state index < -0.39 is 0 Å². The van der Waals surface area contributed by atoms with Gasteiger partial charge in [0.2, 0.25) is 0 Å². The van der Waals surface area contributed by atoms with Gasteiger partial charge in [0, 0.05) is 105 Å². The van der Waals surface area contributed by atoms with Crippen LogP contribution in [-0.2, 0) is 0 Å². The van der Waals surface area contributed by atoms with Crippen LogP contribution in [0.1, 0.15) is 0 Å². The van der Waals surface area contributed by atoms with Crippen molar-refractivity contribution in [1.82, 2.24) is 0 Å². The average molecular weight is 1810 g/mol. The van der Waals surface area contributed by atoms with Gasteiger partial charge < -0.3 is 14.2 Å². The molecule has 4 heterocycles. The highest BCUT2D eigenvalue weighted by Gasteiger charge is 2.24. The summed E-state index contributed by atoms with van der Waals surface area (Å²) in [7, 11) is 0. The highest BCUT2D eigenvalue weighted by atomic mass is 32.1. The second-order valence-corrected chi connectivity index (χ2v) is 39.4. The van der Waals surface area contributed by atoms with Crippen molar-refractivity contribution in [3.63, 3.8) is 0 Å². The Morgan fingerprint density at radius 2 is 0.478 bits per heavy atom. The summed E-state index contributed by atoms with van der Waals surface area (Å²) in [5.41, 5.74) is 27.3. The first-order valence-corrected chi connectivity index (χ1v) is 49.5. The first kappa shape index (κ1) is 80.5. The number of nitrogens with zero attached hydrogens (tertiary/aromatic N) is 2. The van der Waals surface area contributed by atoms with Crippen molar-refractivity contribution in [2.45, 2.75) is 0 Å². The third-order valence-corrected chi connectivity index (χ3v) is 31.4. The molecule has 0 unspecified atom stereocenters. The molecule has 0 aliphatic heterocycles. The highest BCUT2D eigenvalue weighted by Crippen LogP contribution is 2.50. The minimum Gasteiger partial charge on any atom is -0.456 e. The van der Waals surface area contributed by atoms with Crippen molar-refractivity contribution in [2.24, 2.45) is 0 Å². The number of thiophene rings is 3. The molecule has 0 saturated heterocycles. The normalized spacial score (nSPS) is 11.8. The van der Waals surface area contributed by atoms with Crippen LogP contribution in [0.2, 0.25) is 0 Å². The first-order chi connectivity index (χ1) is 68.3. The van der Waals surface area contributed by atoms with Gasteiger partial charge in [0.05, 0.1) is 0 Å². The quantitative estimate of drug-likeness (QED) is 0.101. The lowest BCUT2D eigenvalue weighted by Crippen LogP contribution is -2.10.